The number of aromatic nitrogens is 2. The van der Waals surface area contributed by atoms with Gasteiger partial charge in [0.05, 0.1) is 17.9 Å². The molecule has 0 fully saturated rings. The summed E-state index contributed by atoms with van der Waals surface area (Å²) in [4.78, 5) is 14.0. The molecule has 1 amide bonds. The van der Waals surface area contributed by atoms with Gasteiger partial charge in [-0.2, -0.15) is 10.2 Å². The number of aryl methyl sites for hydroxylation is 1. The van der Waals surface area contributed by atoms with Crippen LogP contribution in [0, 0.1) is 6.92 Å². The number of carbonyl (C=O) groups is 1. The summed E-state index contributed by atoms with van der Waals surface area (Å²) in [6.45, 7) is 2.25. The van der Waals surface area contributed by atoms with Gasteiger partial charge in [-0.25, -0.2) is 0 Å². The number of rotatable bonds is 4. The number of hydrogen-bond acceptors (Lipinski definition) is 4. The molecular formula is C15H18N4O. The van der Waals surface area contributed by atoms with Crippen LogP contribution >= 0.6 is 0 Å². The Morgan fingerprint density at radius 3 is 2.35 bits per heavy atom. The molecule has 0 atom stereocenters. The molecule has 0 radical (unpaired) electrons. The van der Waals surface area contributed by atoms with Gasteiger partial charge < -0.3 is 10.2 Å². The zero-order valence-corrected chi connectivity index (χ0v) is 11.9. The fourth-order valence-electron chi connectivity index (χ4n) is 1.70. The molecule has 0 saturated carbocycles. The molecule has 1 aromatic carbocycles. The summed E-state index contributed by atoms with van der Waals surface area (Å²) in [6, 6.07) is 11.2. The average molecular weight is 270 g/mol. The van der Waals surface area contributed by atoms with Crippen LogP contribution in [0.25, 0.3) is 0 Å². The van der Waals surface area contributed by atoms with E-state index in [0.717, 1.165) is 17.1 Å². The lowest BCUT2D eigenvalue weighted by molar-refractivity contribution is 0.0950. The first-order valence-corrected chi connectivity index (χ1v) is 6.41. The summed E-state index contributed by atoms with van der Waals surface area (Å²) >= 11 is 0. The Balaban J connectivity index is 1.96. The molecule has 5 heteroatoms. The molecule has 2 aromatic rings. The SMILES string of the molecule is Cc1ccc(CNC(=O)c2ccc(N(C)C)cc2)nn1. The van der Waals surface area contributed by atoms with Gasteiger partial charge in [0.25, 0.3) is 5.91 Å². The van der Waals surface area contributed by atoms with Crippen LogP contribution in [0.4, 0.5) is 5.69 Å². The van der Waals surface area contributed by atoms with E-state index in [1.165, 1.54) is 0 Å². The Hall–Kier alpha value is -2.43. The Bertz CT molecular complexity index is 576. The van der Waals surface area contributed by atoms with E-state index in [2.05, 4.69) is 15.5 Å². The summed E-state index contributed by atoms with van der Waals surface area (Å²) in [5.74, 6) is -0.113. The number of nitrogens with one attached hydrogen (secondary N) is 1. The molecule has 0 aliphatic rings. The predicted octanol–water partition coefficient (Wildman–Crippen LogP) is 1.78. The summed E-state index contributed by atoms with van der Waals surface area (Å²) in [5.41, 5.74) is 3.30. The molecule has 0 spiro atoms. The molecule has 0 saturated heterocycles. The van der Waals surface area contributed by atoms with Crippen LogP contribution in [0.5, 0.6) is 0 Å². The zero-order chi connectivity index (χ0) is 14.5. The smallest absolute Gasteiger partial charge is 0.251 e. The van der Waals surface area contributed by atoms with Gasteiger partial charge in [-0.15, -0.1) is 0 Å². The van der Waals surface area contributed by atoms with Crippen LogP contribution in [-0.4, -0.2) is 30.2 Å². The molecule has 1 aromatic heterocycles. The van der Waals surface area contributed by atoms with Crippen LogP contribution in [0.15, 0.2) is 36.4 Å². The highest BCUT2D eigenvalue weighted by Crippen LogP contribution is 2.12. The number of nitrogens with zero attached hydrogens (tertiary/aromatic N) is 3. The van der Waals surface area contributed by atoms with Gasteiger partial charge in [0, 0.05) is 25.3 Å². The van der Waals surface area contributed by atoms with E-state index in [0.29, 0.717) is 12.1 Å². The summed E-state index contributed by atoms with van der Waals surface area (Å²) < 4.78 is 0. The van der Waals surface area contributed by atoms with Crippen molar-refractivity contribution in [1.29, 1.82) is 0 Å². The summed E-state index contributed by atoms with van der Waals surface area (Å²) in [6.07, 6.45) is 0. The second kappa shape index (κ2) is 6.14. The first-order chi connectivity index (χ1) is 9.56. The molecule has 104 valence electrons. The van der Waals surface area contributed by atoms with E-state index in [1.807, 2.05) is 62.3 Å². The normalized spacial score (nSPS) is 10.2. The van der Waals surface area contributed by atoms with Crippen LogP contribution in [0.3, 0.4) is 0 Å². The molecular weight excluding hydrogens is 252 g/mol. The zero-order valence-electron chi connectivity index (χ0n) is 11.9. The Labute approximate surface area is 118 Å². The molecule has 0 aliphatic carbocycles. The van der Waals surface area contributed by atoms with E-state index in [9.17, 15) is 4.79 Å². The van der Waals surface area contributed by atoms with Gasteiger partial charge in [-0.1, -0.05) is 0 Å². The molecule has 5 nitrogen and oxygen atoms in total. The third-order valence-corrected chi connectivity index (χ3v) is 2.93. The maximum absolute atomic E-state index is 12.0. The van der Waals surface area contributed by atoms with Crippen LogP contribution < -0.4 is 10.2 Å². The standard InChI is InChI=1S/C15H18N4O/c1-11-4-7-13(18-17-11)10-16-15(20)12-5-8-14(9-6-12)19(2)3/h4-9H,10H2,1-3H3,(H,16,20). The van der Waals surface area contributed by atoms with Crippen molar-refractivity contribution in [3.63, 3.8) is 0 Å². The lowest BCUT2D eigenvalue weighted by Gasteiger charge is -2.12. The van der Waals surface area contributed by atoms with Gasteiger partial charge in [0.1, 0.15) is 0 Å². The second-order valence-electron chi connectivity index (χ2n) is 4.79. The number of hydrogen-bond donors (Lipinski definition) is 1. The minimum absolute atomic E-state index is 0.113. The van der Waals surface area contributed by atoms with Gasteiger partial charge in [-0.05, 0) is 43.3 Å². The highest BCUT2D eigenvalue weighted by molar-refractivity contribution is 5.94. The van der Waals surface area contributed by atoms with Gasteiger partial charge in [0.15, 0.2) is 0 Å². The van der Waals surface area contributed by atoms with Crippen molar-refractivity contribution in [2.75, 3.05) is 19.0 Å². The van der Waals surface area contributed by atoms with Gasteiger partial charge in [-0.3, -0.25) is 4.79 Å². The maximum Gasteiger partial charge on any atom is 0.251 e. The predicted molar refractivity (Wildman–Crippen MR) is 78.7 cm³/mol. The lowest BCUT2D eigenvalue weighted by Crippen LogP contribution is -2.23. The van der Waals surface area contributed by atoms with E-state index in [4.69, 9.17) is 0 Å². The fourth-order valence-corrected chi connectivity index (χ4v) is 1.70. The summed E-state index contributed by atoms with van der Waals surface area (Å²) in [7, 11) is 3.93. The largest absolute Gasteiger partial charge is 0.378 e. The van der Waals surface area contributed by atoms with Crippen molar-refractivity contribution in [3.05, 3.63) is 53.3 Å². The first-order valence-electron chi connectivity index (χ1n) is 6.41. The molecule has 1 N–H and O–H groups in total. The number of anilines is 1. The Morgan fingerprint density at radius 1 is 1.10 bits per heavy atom. The third-order valence-electron chi connectivity index (χ3n) is 2.93. The van der Waals surface area contributed by atoms with Gasteiger partial charge >= 0.3 is 0 Å². The number of amides is 1. The van der Waals surface area contributed by atoms with Crippen molar-refractivity contribution in [2.45, 2.75) is 13.5 Å². The van der Waals surface area contributed by atoms with Crippen molar-refractivity contribution < 1.29 is 4.79 Å². The number of carbonyl (C=O) groups excluding carboxylic acids is 1. The van der Waals surface area contributed by atoms with E-state index in [-0.39, 0.29) is 5.91 Å². The third kappa shape index (κ3) is 3.54. The molecule has 20 heavy (non-hydrogen) atoms. The van der Waals surface area contributed by atoms with Crippen molar-refractivity contribution in [1.82, 2.24) is 15.5 Å². The van der Waals surface area contributed by atoms with Crippen LogP contribution in [-0.2, 0) is 6.54 Å². The highest BCUT2D eigenvalue weighted by atomic mass is 16.1. The molecule has 1 heterocycles. The molecule has 0 unspecified atom stereocenters. The Kier molecular flexibility index (Phi) is 4.30. The number of benzene rings is 1. The Morgan fingerprint density at radius 2 is 1.80 bits per heavy atom. The van der Waals surface area contributed by atoms with Crippen LogP contribution in [0.2, 0.25) is 0 Å². The van der Waals surface area contributed by atoms with E-state index >= 15 is 0 Å². The van der Waals surface area contributed by atoms with Crippen molar-refractivity contribution >= 4 is 11.6 Å². The lowest BCUT2D eigenvalue weighted by atomic mass is 10.2. The quantitative estimate of drug-likeness (QED) is 0.920. The van der Waals surface area contributed by atoms with Crippen molar-refractivity contribution in [3.8, 4) is 0 Å². The van der Waals surface area contributed by atoms with E-state index < -0.39 is 0 Å². The van der Waals surface area contributed by atoms with Gasteiger partial charge in [0.2, 0.25) is 0 Å². The summed E-state index contributed by atoms with van der Waals surface area (Å²) in [5, 5.41) is 10.8. The highest BCUT2D eigenvalue weighted by Gasteiger charge is 2.06. The van der Waals surface area contributed by atoms with E-state index in [1.54, 1.807) is 0 Å². The van der Waals surface area contributed by atoms with Crippen LogP contribution in [0.1, 0.15) is 21.7 Å². The minimum Gasteiger partial charge on any atom is -0.378 e. The second-order valence-corrected chi connectivity index (χ2v) is 4.79. The molecule has 0 bridgehead atoms. The monoisotopic (exact) mass is 270 g/mol. The minimum atomic E-state index is -0.113. The first kappa shape index (κ1) is 14.0. The van der Waals surface area contributed by atoms with Crippen molar-refractivity contribution in [2.24, 2.45) is 0 Å². The molecule has 0 aliphatic heterocycles. The average Bonchev–Trinajstić information content (AvgIpc) is 2.46. The maximum atomic E-state index is 12.0. The molecule has 2 rings (SSSR count). The topological polar surface area (TPSA) is 58.1 Å². The fraction of sp³-hybridized carbons (Fsp3) is 0.267.